The first-order valence-corrected chi connectivity index (χ1v) is 11.5. The molecule has 1 amide bonds. The van der Waals surface area contributed by atoms with Gasteiger partial charge in [0, 0.05) is 21.5 Å². The fraction of sp³-hybridized carbons (Fsp3) is 0.217. The van der Waals surface area contributed by atoms with Crippen LogP contribution in [0.4, 0.5) is 10.7 Å². The molecule has 1 unspecified atom stereocenters. The molecule has 0 aliphatic heterocycles. The summed E-state index contributed by atoms with van der Waals surface area (Å²) in [6.45, 7) is 3.98. The normalized spacial score (nSPS) is 11.7. The number of hydrogen-bond donors (Lipinski definition) is 2. The number of thioether (sulfide) groups is 1. The van der Waals surface area contributed by atoms with Crippen LogP contribution < -0.4 is 11.1 Å². The van der Waals surface area contributed by atoms with Crippen LogP contribution in [0, 0.1) is 0 Å². The van der Waals surface area contributed by atoms with Gasteiger partial charge >= 0.3 is 5.97 Å². The molecule has 0 radical (unpaired) electrons. The molecule has 0 saturated heterocycles. The Morgan fingerprint density at radius 1 is 1.13 bits per heavy atom. The van der Waals surface area contributed by atoms with E-state index in [9.17, 15) is 9.59 Å². The lowest BCUT2D eigenvalue weighted by Gasteiger charge is -2.15. The van der Waals surface area contributed by atoms with Crippen molar-refractivity contribution in [1.29, 1.82) is 0 Å². The van der Waals surface area contributed by atoms with Crippen LogP contribution in [0.3, 0.4) is 0 Å². The first-order valence-electron chi connectivity index (χ1n) is 9.70. The van der Waals surface area contributed by atoms with E-state index in [2.05, 4.69) is 5.32 Å². The molecule has 2 aromatic carbocycles. The predicted octanol–water partition coefficient (Wildman–Crippen LogP) is 5.68. The van der Waals surface area contributed by atoms with Crippen LogP contribution in [0.15, 0.2) is 64.9 Å². The average Bonchev–Trinajstić information content (AvgIpc) is 3.16. The Morgan fingerprint density at radius 3 is 2.57 bits per heavy atom. The molecule has 7 heteroatoms. The lowest BCUT2D eigenvalue weighted by atomic mass is 10.0. The Kier molecular flexibility index (Phi) is 7.54. The third-order valence-corrected chi connectivity index (χ3v) is 6.65. The van der Waals surface area contributed by atoms with Crippen LogP contribution >= 0.6 is 23.1 Å². The number of thiophene rings is 1. The monoisotopic (exact) mass is 440 g/mol. The second-order valence-corrected chi connectivity index (χ2v) is 8.67. The van der Waals surface area contributed by atoms with Gasteiger partial charge in [0.05, 0.1) is 11.9 Å². The third kappa shape index (κ3) is 5.23. The number of nitrogens with one attached hydrogen (secondary N) is 1. The van der Waals surface area contributed by atoms with E-state index in [1.165, 1.54) is 23.1 Å². The average molecular weight is 441 g/mol. The molecule has 3 N–H and O–H groups in total. The summed E-state index contributed by atoms with van der Waals surface area (Å²) in [4.78, 5) is 26.6. The summed E-state index contributed by atoms with van der Waals surface area (Å²) in [5, 5.41) is 5.02. The van der Waals surface area contributed by atoms with Gasteiger partial charge in [0.1, 0.15) is 10.6 Å². The van der Waals surface area contributed by atoms with E-state index in [1.54, 1.807) is 6.92 Å². The molecule has 0 saturated carbocycles. The van der Waals surface area contributed by atoms with Crippen LogP contribution in [-0.2, 0) is 9.53 Å². The molecule has 3 rings (SSSR count). The fourth-order valence-electron chi connectivity index (χ4n) is 2.95. The first kappa shape index (κ1) is 21.9. The zero-order chi connectivity index (χ0) is 21.5. The van der Waals surface area contributed by atoms with E-state index in [0.717, 1.165) is 16.0 Å². The zero-order valence-electron chi connectivity index (χ0n) is 16.9. The fourth-order valence-corrected chi connectivity index (χ4v) is 4.94. The molecule has 0 aliphatic rings. The minimum atomic E-state index is -0.440. The molecule has 1 heterocycles. The van der Waals surface area contributed by atoms with Crippen LogP contribution in [0.5, 0.6) is 0 Å². The summed E-state index contributed by atoms with van der Waals surface area (Å²) in [5.41, 5.74) is 8.56. The molecule has 0 fully saturated rings. The highest BCUT2D eigenvalue weighted by Crippen LogP contribution is 2.37. The molecule has 0 spiro atoms. The standard InChI is InChI=1S/C23H24N2O3S2/c1-3-19(30-17-12-8-11-16(24)13-17)21(26)25-22-20(23(27)28-4-2)18(14-29-22)15-9-6-5-7-10-15/h5-14,19H,3-4,24H2,1-2H3,(H,25,26). The Balaban J connectivity index is 1.86. The lowest BCUT2D eigenvalue weighted by Crippen LogP contribution is -2.25. The van der Waals surface area contributed by atoms with E-state index >= 15 is 0 Å². The highest BCUT2D eigenvalue weighted by molar-refractivity contribution is 8.00. The molecule has 30 heavy (non-hydrogen) atoms. The number of carbonyl (C=O) groups excluding carboxylic acids is 2. The van der Waals surface area contributed by atoms with E-state index < -0.39 is 5.97 Å². The Morgan fingerprint density at radius 2 is 1.90 bits per heavy atom. The maximum atomic E-state index is 13.0. The largest absolute Gasteiger partial charge is 0.462 e. The number of benzene rings is 2. The van der Waals surface area contributed by atoms with E-state index in [0.29, 0.717) is 22.7 Å². The van der Waals surface area contributed by atoms with Crippen molar-refractivity contribution >= 4 is 45.7 Å². The van der Waals surface area contributed by atoms with Gasteiger partial charge in [-0.05, 0) is 37.1 Å². The van der Waals surface area contributed by atoms with Gasteiger partial charge in [-0.2, -0.15) is 0 Å². The van der Waals surface area contributed by atoms with Crippen molar-refractivity contribution in [2.24, 2.45) is 0 Å². The topological polar surface area (TPSA) is 81.4 Å². The van der Waals surface area contributed by atoms with Crippen molar-refractivity contribution in [3.8, 4) is 11.1 Å². The Labute approximate surface area is 184 Å². The Bertz CT molecular complexity index is 1020. The van der Waals surface area contributed by atoms with Crippen molar-refractivity contribution in [3.05, 3.63) is 65.5 Å². The van der Waals surface area contributed by atoms with E-state index in [4.69, 9.17) is 10.5 Å². The van der Waals surface area contributed by atoms with E-state index in [-0.39, 0.29) is 17.8 Å². The SMILES string of the molecule is CCOC(=O)c1c(-c2ccccc2)csc1NC(=O)C(CC)Sc1cccc(N)c1. The highest BCUT2D eigenvalue weighted by Gasteiger charge is 2.25. The van der Waals surface area contributed by atoms with Crippen LogP contribution in [0.2, 0.25) is 0 Å². The minimum absolute atomic E-state index is 0.156. The second-order valence-electron chi connectivity index (χ2n) is 6.52. The number of rotatable bonds is 8. The van der Waals surface area contributed by atoms with Crippen LogP contribution in [0.1, 0.15) is 30.6 Å². The lowest BCUT2D eigenvalue weighted by molar-refractivity contribution is -0.115. The first-order chi connectivity index (χ1) is 14.5. The summed E-state index contributed by atoms with van der Waals surface area (Å²) in [6, 6.07) is 17.1. The number of hydrogen-bond acceptors (Lipinski definition) is 6. The zero-order valence-corrected chi connectivity index (χ0v) is 18.5. The predicted molar refractivity (Wildman–Crippen MR) is 125 cm³/mol. The van der Waals surface area contributed by atoms with Gasteiger partial charge < -0.3 is 15.8 Å². The van der Waals surface area contributed by atoms with Crippen molar-refractivity contribution < 1.29 is 14.3 Å². The number of carbonyl (C=O) groups is 2. The number of anilines is 2. The summed E-state index contributed by atoms with van der Waals surface area (Å²) < 4.78 is 5.26. The number of ether oxygens (including phenoxy) is 1. The van der Waals surface area contributed by atoms with Crippen molar-refractivity contribution in [2.45, 2.75) is 30.4 Å². The van der Waals surface area contributed by atoms with Crippen molar-refractivity contribution in [3.63, 3.8) is 0 Å². The summed E-state index contributed by atoms with van der Waals surface area (Å²) in [5.74, 6) is -0.596. The van der Waals surface area contributed by atoms with Crippen LogP contribution in [-0.4, -0.2) is 23.7 Å². The molecule has 0 bridgehead atoms. The number of nitrogens with two attached hydrogens (primary N) is 1. The highest BCUT2D eigenvalue weighted by atomic mass is 32.2. The van der Waals surface area contributed by atoms with Crippen molar-refractivity contribution in [2.75, 3.05) is 17.7 Å². The van der Waals surface area contributed by atoms with Gasteiger partial charge in [0.25, 0.3) is 0 Å². The molecular formula is C23H24N2O3S2. The molecule has 5 nitrogen and oxygen atoms in total. The molecule has 3 aromatic rings. The van der Waals surface area contributed by atoms with Gasteiger partial charge in [-0.15, -0.1) is 23.1 Å². The molecular weight excluding hydrogens is 416 g/mol. The van der Waals surface area contributed by atoms with Gasteiger partial charge in [0.2, 0.25) is 5.91 Å². The third-order valence-electron chi connectivity index (χ3n) is 4.39. The number of nitrogen functional groups attached to an aromatic ring is 1. The van der Waals surface area contributed by atoms with Gasteiger partial charge in [-0.1, -0.05) is 43.3 Å². The molecule has 156 valence electrons. The molecule has 1 atom stereocenters. The number of amides is 1. The molecule has 0 aliphatic carbocycles. The second kappa shape index (κ2) is 10.3. The minimum Gasteiger partial charge on any atom is -0.462 e. The van der Waals surface area contributed by atoms with E-state index in [1.807, 2.05) is 66.9 Å². The Hall–Kier alpha value is -2.77. The van der Waals surface area contributed by atoms with Gasteiger partial charge in [0.15, 0.2) is 0 Å². The maximum absolute atomic E-state index is 13.0. The summed E-state index contributed by atoms with van der Waals surface area (Å²) >= 11 is 2.78. The summed E-state index contributed by atoms with van der Waals surface area (Å²) in [6.07, 6.45) is 0.636. The summed E-state index contributed by atoms with van der Waals surface area (Å²) in [7, 11) is 0. The smallest absolute Gasteiger partial charge is 0.341 e. The van der Waals surface area contributed by atoms with Gasteiger partial charge in [-0.3, -0.25) is 4.79 Å². The quantitative estimate of drug-likeness (QED) is 0.267. The van der Waals surface area contributed by atoms with Crippen LogP contribution in [0.25, 0.3) is 11.1 Å². The van der Waals surface area contributed by atoms with Gasteiger partial charge in [-0.25, -0.2) is 4.79 Å². The maximum Gasteiger partial charge on any atom is 0.341 e. The number of esters is 1. The van der Waals surface area contributed by atoms with Crippen molar-refractivity contribution in [1.82, 2.24) is 0 Å². The molecule has 1 aromatic heterocycles.